The van der Waals surface area contributed by atoms with Crippen molar-refractivity contribution in [2.24, 2.45) is 5.92 Å². The van der Waals surface area contributed by atoms with Gasteiger partial charge in [0.15, 0.2) is 11.5 Å². The van der Waals surface area contributed by atoms with Crippen LogP contribution in [0.15, 0.2) is 41.3 Å². The van der Waals surface area contributed by atoms with Gasteiger partial charge in [0.05, 0.1) is 25.0 Å². The number of nitrogens with one attached hydrogen (secondary N) is 1. The van der Waals surface area contributed by atoms with E-state index in [1.54, 1.807) is 0 Å². The molecule has 0 aromatic heterocycles. The van der Waals surface area contributed by atoms with Crippen molar-refractivity contribution in [2.45, 2.75) is 17.7 Å². The average molecular weight is 440 g/mol. The van der Waals surface area contributed by atoms with E-state index in [0.29, 0.717) is 18.6 Å². The van der Waals surface area contributed by atoms with E-state index < -0.39 is 39.2 Å². The van der Waals surface area contributed by atoms with Crippen LogP contribution in [0.25, 0.3) is 0 Å². The number of rotatable bonds is 6. The smallest absolute Gasteiger partial charge is 0.243 e. The summed E-state index contributed by atoms with van der Waals surface area (Å²) >= 11 is 0. The second kappa shape index (κ2) is 8.97. The molecule has 1 fully saturated rings. The second-order valence-electron chi connectivity index (χ2n) is 6.80. The van der Waals surface area contributed by atoms with Gasteiger partial charge in [-0.15, -0.1) is 0 Å². The minimum Gasteiger partial charge on any atom is -0.493 e. The number of hydrogen-bond acceptors (Lipinski definition) is 5. The van der Waals surface area contributed by atoms with E-state index in [9.17, 15) is 22.0 Å². The fourth-order valence-corrected chi connectivity index (χ4v) is 4.88. The molecule has 3 rings (SSSR count). The van der Waals surface area contributed by atoms with Crippen LogP contribution in [0.1, 0.15) is 12.8 Å². The Hall–Kier alpha value is -2.72. The number of para-hydroxylation sites is 1. The summed E-state index contributed by atoms with van der Waals surface area (Å²) in [6.07, 6.45) is 0.838. The summed E-state index contributed by atoms with van der Waals surface area (Å²) in [6.45, 7) is 0.132. The van der Waals surface area contributed by atoms with Crippen molar-refractivity contribution in [1.82, 2.24) is 4.31 Å². The van der Waals surface area contributed by atoms with Gasteiger partial charge in [0.2, 0.25) is 15.9 Å². The zero-order valence-corrected chi connectivity index (χ0v) is 17.3. The Morgan fingerprint density at radius 1 is 1.10 bits per heavy atom. The minimum atomic E-state index is -3.91. The molecule has 1 heterocycles. The van der Waals surface area contributed by atoms with Crippen LogP contribution in [0.5, 0.6) is 11.5 Å². The Morgan fingerprint density at radius 3 is 2.40 bits per heavy atom. The molecule has 7 nitrogen and oxygen atoms in total. The molecule has 1 amide bonds. The van der Waals surface area contributed by atoms with Crippen LogP contribution < -0.4 is 14.8 Å². The molecule has 1 N–H and O–H groups in total. The van der Waals surface area contributed by atoms with Crippen molar-refractivity contribution in [3.63, 3.8) is 0 Å². The van der Waals surface area contributed by atoms with Crippen LogP contribution in [0.3, 0.4) is 0 Å². The van der Waals surface area contributed by atoms with Crippen LogP contribution in [0.2, 0.25) is 0 Å². The molecule has 2 aromatic carbocycles. The normalized spacial score (nSPS) is 17.4. The minimum absolute atomic E-state index is 0.00126. The van der Waals surface area contributed by atoms with E-state index in [0.717, 1.165) is 12.1 Å². The van der Waals surface area contributed by atoms with Gasteiger partial charge in [-0.3, -0.25) is 4.79 Å². The van der Waals surface area contributed by atoms with Crippen LogP contribution in [0, 0.1) is 17.6 Å². The second-order valence-corrected chi connectivity index (χ2v) is 8.74. The number of amides is 1. The molecular weight excluding hydrogens is 418 g/mol. The third-order valence-corrected chi connectivity index (χ3v) is 6.82. The van der Waals surface area contributed by atoms with Crippen LogP contribution in [0.4, 0.5) is 14.5 Å². The molecular formula is C20H22F2N2O5S. The Bertz CT molecular complexity index is 1030. The molecule has 0 aliphatic carbocycles. The molecule has 1 aliphatic heterocycles. The van der Waals surface area contributed by atoms with E-state index in [-0.39, 0.29) is 23.7 Å². The maximum Gasteiger partial charge on any atom is 0.243 e. The number of hydrogen-bond donors (Lipinski definition) is 1. The van der Waals surface area contributed by atoms with E-state index in [4.69, 9.17) is 9.47 Å². The maximum atomic E-state index is 13.8. The van der Waals surface area contributed by atoms with Crippen LogP contribution >= 0.6 is 0 Å². The van der Waals surface area contributed by atoms with Gasteiger partial charge < -0.3 is 14.8 Å². The summed E-state index contributed by atoms with van der Waals surface area (Å²) in [5, 5.41) is 2.25. The SMILES string of the molecule is COc1ccc(S(=O)(=O)N2CCC[C@@H](C(=O)Nc3c(F)cccc3F)C2)cc1OC. The van der Waals surface area contributed by atoms with Gasteiger partial charge in [0, 0.05) is 19.2 Å². The molecule has 30 heavy (non-hydrogen) atoms. The number of halogens is 2. The molecule has 0 unspecified atom stereocenters. The highest BCUT2D eigenvalue weighted by atomic mass is 32.2. The third-order valence-electron chi connectivity index (χ3n) is 4.96. The fourth-order valence-electron chi connectivity index (χ4n) is 3.34. The fraction of sp³-hybridized carbons (Fsp3) is 0.350. The predicted octanol–water partition coefficient (Wildman–Crippen LogP) is 3.02. The van der Waals surface area contributed by atoms with E-state index in [1.165, 1.54) is 42.8 Å². The summed E-state index contributed by atoms with van der Waals surface area (Å²) in [6, 6.07) is 7.50. The molecule has 162 valence electrons. The highest BCUT2D eigenvalue weighted by Gasteiger charge is 2.34. The standard InChI is InChI=1S/C20H22F2N2O5S/c1-28-17-9-8-14(11-18(17)29-2)30(26,27)24-10-4-5-13(12-24)20(25)23-19-15(21)6-3-7-16(19)22/h3,6-9,11,13H,4-5,10,12H2,1-2H3,(H,23,25)/t13-/m1/s1. The summed E-state index contributed by atoms with van der Waals surface area (Å²) in [7, 11) is -1.06. The topological polar surface area (TPSA) is 84.9 Å². The number of carbonyl (C=O) groups excluding carboxylic acids is 1. The lowest BCUT2D eigenvalue weighted by molar-refractivity contribution is -0.120. The summed E-state index contributed by atoms with van der Waals surface area (Å²) in [4.78, 5) is 12.6. The summed E-state index contributed by atoms with van der Waals surface area (Å²) < 4.78 is 65.3. The van der Waals surface area contributed by atoms with Crippen molar-refractivity contribution in [2.75, 3.05) is 32.6 Å². The Kier molecular flexibility index (Phi) is 6.57. The van der Waals surface area contributed by atoms with Crippen LogP contribution in [-0.2, 0) is 14.8 Å². The van der Waals surface area contributed by atoms with Gasteiger partial charge in [-0.1, -0.05) is 6.07 Å². The van der Waals surface area contributed by atoms with Crippen molar-refractivity contribution in [3.05, 3.63) is 48.0 Å². The molecule has 0 bridgehead atoms. The van der Waals surface area contributed by atoms with Gasteiger partial charge in [-0.2, -0.15) is 4.31 Å². The average Bonchev–Trinajstić information content (AvgIpc) is 2.75. The lowest BCUT2D eigenvalue weighted by atomic mass is 9.98. The van der Waals surface area contributed by atoms with Gasteiger partial charge in [-0.25, -0.2) is 17.2 Å². The van der Waals surface area contributed by atoms with E-state index >= 15 is 0 Å². The molecule has 0 spiro atoms. The number of methoxy groups -OCH3 is 2. The predicted molar refractivity (Wildman–Crippen MR) is 106 cm³/mol. The largest absolute Gasteiger partial charge is 0.493 e. The van der Waals surface area contributed by atoms with Crippen LogP contribution in [-0.4, -0.2) is 45.9 Å². The van der Waals surface area contributed by atoms with Gasteiger partial charge in [0.1, 0.15) is 17.3 Å². The first-order chi connectivity index (χ1) is 14.3. The van der Waals surface area contributed by atoms with Gasteiger partial charge in [0.25, 0.3) is 0 Å². The zero-order chi connectivity index (χ0) is 21.9. The Morgan fingerprint density at radius 2 is 1.77 bits per heavy atom. The highest BCUT2D eigenvalue weighted by Crippen LogP contribution is 2.32. The summed E-state index contributed by atoms with van der Waals surface area (Å²) in [5.41, 5.74) is -0.539. The third kappa shape index (κ3) is 4.39. The molecule has 1 atom stereocenters. The van der Waals surface area contributed by atoms with Gasteiger partial charge >= 0.3 is 0 Å². The number of anilines is 1. The quantitative estimate of drug-likeness (QED) is 0.747. The first-order valence-corrected chi connectivity index (χ1v) is 10.7. The molecule has 0 radical (unpaired) electrons. The van der Waals surface area contributed by atoms with Crippen molar-refractivity contribution in [3.8, 4) is 11.5 Å². The van der Waals surface area contributed by atoms with Crippen molar-refractivity contribution in [1.29, 1.82) is 0 Å². The van der Waals surface area contributed by atoms with E-state index in [2.05, 4.69) is 5.32 Å². The lowest BCUT2D eigenvalue weighted by Crippen LogP contribution is -2.43. The van der Waals surface area contributed by atoms with Gasteiger partial charge in [-0.05, 0) is 37.1 Å². The number of sulfonamides is 1. The Labute approximate surface area is 173 Å². The zero-order valence-electron chi connectivity index (χ0n) is 16.5. The van der Waals surface area contributed by atoms with Crippen molar-refractivity contribution < 1.29 is 31.5 Å². The summed E-state index contributed by atoms with van der Waals surface area (Å²) in [5.74, 6) is -2.51. The first kappa shape index (κ1) is 22.0. The number of piperidine rings is 1. The number of carbonyl (C=O) groups is 1. The lowest BCUT2D eigenvalue weighted by Gasteiger charge is -2.31. The molecule has 1 saturated heterocycles. The highest BCUT2D eigenvalue weighted by molar-refractivity contribution is 7.89. The number of ether oxygens (including phenoxy) is 2. The molecule has 10 heteroatoms. The number of nitrogens with zero attached hydrogens (tertiary/aromatic N) is 1. The molecule has 0 saturated carbocycles. The molecule has 2 aromatic rings. The first-order valence-electron chi connectivity index (χ1n) is 9.25. The monoisotopic (exact) mass is 440 g/mol. The molecule has 1 aliphatic rings. The number of benzene rings is 2. The van der Waals surface area contributed by atoms with E-state index in [1.807, 2.05) is 0 Å². The Balaban J connectivity index is 1.79. The maximum absolute atomic E-state index is 13.8. The van der Waals surface area contributed by atoms with Crippen molar-refractivity contribution >= 4 is 21.6 Å².